The van der Waals surface area contributed by atoms with Crippen molar-refractivity contribution in [3.63, 3.8) is 0 Å². The molecule has 1 aromatic carbocycles. The summed E-state index contributed by atoms with van der Waals surface area (Å²) in [6, 6.07) is 10.0. The molecule has 3 nitrogen and oxygen atoms in total. The Kier molecular flexibility index (Phi) is 13.2. The number of nitrogens with two attached hydrogens (primary N) is 1. The van der Waals surface area contributed by atoms with Gasteiger partial charge in [-0.3, -0.25) is 10.6 Å². The number of rotatable bonds is 5. The summed E-state index contributed by atoms with van der Waals surface area (Å²) in [4.78, 5) is 5.57. The highest BCUT2D eigenvalue weighted by molar-refractivity contribution is 8.93. The molecule has 1 rings (SSSR count). The van der Waals surface area contributed by atoms with Crippen molar-refractivity contribution >= 4 is 39.6 Å². The van der Waals surface area contributed by atoms with Crippen LogP contribution < -0.4 is 27.7 Å². The SMILES string of the molecule is Br.CCN(CC)C(C)SC(N)=[NH+]c1ccccc1.[Br-]. The van der Waals surface area contributed by atoms with Gasteiger partial charge in [0, 0.05) is 0 Å². The maximum atomic E-state index is 6.00. The lowest BCUT2D eigenvalue weighted by atomic mass is 10.3. The van der Waals surface area contributed by atoms with Gasteiger partial charge in [0.05, 0.1) is 5.37 Å². The molecule has 1 atom stereocenters. The molecule has 0 aliphatic rings. The monoisotopic (exact) mass is 411 g/mol. The molecule has 0 amide bonds. The van der Waals surface area contributed by atoms with E-state index in [4.69, 9.17) is 5.73 Å². The number of nitrogens with zero attached hydrogens (tertiary/aromatic N) is 1. The molecule has 0 aliphatic heterocycles. The summed E-state index contributed by atoms with van der Waals surface area (Å²) < 4.78 is 0. The third kappa shape index (κ3) is 7.97. The first kappa shape index (κ1) is 21.3. The average Bonchev–Trinajstić information content (AvgIpc) is 2.31. The standard InChI is InChI=1S/C13H21N3S.2BrH/c1-4-16(5-2)11(3)17-13(14)15-12-9-7-6-8-10-12;;/h6-11H,4-5H2,1-3H3,(H2,14,15);2*1H. The van der Waals surface area contributed by atoms with Crippen LogP contribution in [0.5, 0.6) is 0 Å². The average molecular weight is 413 g/mol. The van der Waals surface area contributed by atoms with E-state index in [-0.39, 0.29) is 34.0 Å². The Morgan fingerprint density at radius 1 is 1.26 bits per heavy atom. The fourth-order valence-corrected chi connectivity index (χ4v) is 2.68. The molecule has 0 aromatic heterocycles. The number of benzene rings is 1. The van der Waals surface area contributed by atoms with Crippen molar-refractivity contribution in [3.8, 4) is 0 Å². The van der Waals surface area contributed by atoms with Gasteiger partial charge >= 0.3 is 5.17 Å². The highest BCUT2D eigenvalue weighted by Gasteiger charge is 2.14. The lowest BCUT2D eigenvalue weighted by molar-refractivity contribution is -0.351. The van der Waals surface area contributed by atoms with Crippen LogP contribution in [-0.2, 0) is 0 Å². The van der Waals surface area contributed by atoms with Gasteiger partial charge in [-0.25, -0.2) is 4.99 Å². The van der Waals surface area contributed by atoms with Crippen LogP contribution in [0.4, 0.5) is 5.69 Å². The molecule has 0 fully saturated rings. The van der Waals surface area contributed by atoms with Crippen LogP contribution in [0.1, 0.15) is 20.8 Å². The first-order valence-corrected chi connectivity index (χ1v) is 6.90. The minimum atomic E-state index is 0. The van der Waals surface area contributed by atoms with Gasteiger partial charge in [-0.15, -0.1) is 17.0 Å². The molecular weight excluding hydrogens is 390 g/mol. The summed E-state index contributed by atoms with van der Waals surface area (Å²) >= 11 is 1.66. The van der Waals surface area contributed by atoms with Gasteiger partial charge in [0.1, 0.15) is 5.69 Å². The summed E-state index contributed by atoms with van der Waals surface area (Å²) in [5.41, 5.74) is 7.03. The van der Waals surface area contributed by atoms with E-state index in [9.17, 15) is 0 Å². The van der Waals surface area contributed by atoms with Gasteiger partial charge in [-0.2, -0.15) is 0 Å². The molecule has 0 spiro atoms. The fraction of sp³-hybridized carbons (Fsp3) is 0.462. The van der Waals surface area contributed by atoms with E-state index in [0.29, 0.717) is 5.37 Å². The Labute approximate surface area is 141 Å². The number of thioether (sulfide) groups is 1. The second kappa shape index (κ2) is 11.8. The van der Waals surface area contributed by atoms with Crippen molar-refractivity contribution < 1.29 is 22.0 Å². The number of para-hydroxylation sites is 1. The van der Waals surface area contributed by atoms with Crippen LogP contribution in [0.25, 0.3) is 0 Å². The zero-order valence-electron chi connectivity index (χ0n) is 11.6. The maximum absolute atomic E-state index is 6.00. The first-order valence-electron chi connectivity index (χ1n) is 6.02. The maximum Gasteiger partial charge on any atom is 0.308 e. The molecule has 110 valence electrons. The van der Waals surface area contributed by atoms with Gasteiger partial charge in [0.25, 0.3) is 0 Å². The number of hydrogen-bond donors (Lipinski definition) is 2. The summed E-state index contributed by atoms with van der Waals surface area (Å²) in [6.07, 6.45) is 0. The van der Waals surface area contributed by atoms with E-state index in [1.54, 1.807) is 11.8 Å². The lowest BCUT2D eigenvalue weighted by Crippen LogP contribution is -3.00. The number of hydrogen-bond acceptors (Lipinski definition) is 2. The zero-order valence-corrected chi connectivity index (χ0v) is 15.7. The van der Waals surface area contributed by atoms with Gasteiger partial charge in [0.15, 0.2) is 0 Å². The zero-order chi connectivity index (χ0) is 12.7. The molecular formula is C13H23Br2N3S. The predicted octanol–water partition coefficient (Wildman–Crippen LogP) is -1.28. The molecule has 19 heavy (non-hydrogen) atoms. The molecule has 1 unspecified atom stereocenters. The van der Waals surface area contributed by atoms with Crippen molar-refractivity contribution in [2.75, 3.05) is 13.1 Å². The molecule has 0 heterocycles. The van der Waals surface area contributed by atoms with Gasteiger partial charge < -0.3 is 17.0 Å². The van der Waals surface area contributed by atoms with Gasteiger partial charge in [-0.1, -0.05) is 32.0 Å². The van der Waals surface area contributed by atoms with Crippen molar-refractivity contribution in [2.45, 2.75) is 26.1 Å². The van der Waals surface area contributed by atoms with Crippen molar-refractivity contribution in [1.82, 2.24) is 4.90 Å². The van der Waals surface area contributed by atoms with E-state index in [0.717, 1.165) is 23.9 Å². The van der Waals surface area contributed by atoms with Crippen molar-refractivity contribution in [3.05, 3.63) is 30.3 Å². The minimum Gasteiger partial charge on any atom is -1.00 e. The van der Waals surface area contributed by atoms with E-state index < -0.39 is 0 Å². The minimum absolute atomic E-state index is 0. The Hall–Kier alpha value is -0.0400. The van der Waals surface area contributed by atoms with Crippen LogP contribution in [-0.4, -0.2) is 28.5 Å². The van der Waals surface area contributed by atoms with E-state index in [1.165, 1.54) is 0 Å². The molecule has 1 aromatic rings. The predicted molar refractivity (Wildman–Crippen MR) is 86.6 cm³/mol. The van der Waals surface area contributed by atoms with E-state index in [1.807, 2.05) is 30.3 Å². The number of nitrogens with one attached hydrogen (secondary N) is 1. The fourth-order valence-electron chi connectivity index (χ4n) is 1.69. The number of halogens is 2. The third-order valence-electron chi connectivity index (χ3n) is 2.67. The highest BCUT2D eigenvalue weighted by Crippen LogP contribution is 2.12. The molecule has 0 radical (unpaired) electrons. The Morgan fingerprint density at radius 2 is 1.79 bits per heavy atom. The smallest absolute Gasteiger partial charge is 0.308 e. The third-order valence-corrected chi connectivity index (χ3v) is 3.66. The van der Waals surface area contributed by atoms with E-state index >= 15 is 0 Å². The summed E-state index contributed by atoms with van der Waals surface area (Å²) in [7, 11) is 0. The molecule has 6 heteroatoms. The molecule has 3 N–H and O–H groups in total. The molecule has 0 saturated carbocycles. The summed E-state index contributed by atoms with van der Waals surface area (Å²) in [6.45, 7) is 8.60. The number of amidine groups is 1. The van der Waals surface area contributed by atoms with Crippen LogP contribution in [0.15, 0.2) is 30.3 Å². The summed E-state index contributed by atoms with van der Waals surface area (Å²) in [5, 5.41) is 1.14. The van der Waals surface area contributed by atoms with Crippen molar-refractivity contribution in [2.24, 2.45) is 5.73 Å². The Morgan fingerprint density at radius 3 is 2.26 bits per heavy atom. The van der Waals surface area contributed by atoms with Crippen LogP contribution >= 0.6 is 28.7 Å². The van der Waals surface area contributed by atoms with Gasteiger partial charge in [-0.05, 0) is 43.9 Å². The molecule has 0 aliphatic carbocycles. The van der Waals surface area contributed by atoms with Crippen LogP contribution in [0, 0.1) is 0 Å². The summed E-state index contributed by atoms with van der Waals surface area (Å²) in [5.74, 6) is 0. The first-order chi connectivity index (χ1) is 8.17. The van der Waals surface area contributed by atoms with Crippen LogP contribution in [0.3, 0.4) is 0 Å². The highest BCUT2D eigenvalue weighted by atomic mass is 79.9. The largest absolute Gasteiger partial charge is 1.00 e. The quantitative estimate of drug-likeness (QED) is 0.359. The normalized spacial score (nSPS) is 12.5. The van der Waals surface area contributed by atoms with E-state index in [2.05, 4.69) is 30.7 Å². The second-order valence-electron chi connectivity index (χ2n) is 3.79. The Bertz CT molecular complexity index is 356. The Balaban J connectivity index is 0. The lowest BCUT2D eigenvalue weighted by Gasteiger charge is -2.23. The molecule has 0 bridgehead atoms. The van der Waals surface area contributed by atoms with Crippen molar-refractivity contribution in [1.29, 1.82) is 0 Å². The second-order valence-corrected chi connectivity index (χ2v) is 5.15. The van der Waals surface area contributed by atoms with Gasteiger partial charge in [0.2, 0.25) is 0 Å². The molecule has 0 saturated heterocycles. The van der Waals surface area contributed by atoms with Crippen LogP contribution in [0.2, 0.25) is 0 Å². The topological polar surface area (TPSA) is 43.2 Å².